The quantitative estimate of drug-likeness (QED) is 0.373. The van der Waals surface area contributed by atoms with E-state index in [2.05, 4.69) is 20.6 Å². The number of anilines is 3. The summed E-state index contributed by atoms with van der Waals surface area (Å²) in [5.41, 5.74) is 1.75. The van der Waals surface area contributed by atoms with Crippen LogP contribution in [-0.4, -0.2) is 60.7 Å². The molecule has 0 saturated carbocycles. The lowest BCUT2D eigenvalue weighted by atomic mass is 10.1. The number of rotatable bonds is 9. The van der Waals surface area contributed by atoms with Crippen LogP contribution >= 0.6 is 23.7 Å². The van der Waals surface area contributed by atoms with E-state index in [0.717, 1.165) is 6.42 Å². The average Bonchev–Trinajstić information content (AvgIpc) is 3.33. The van der Waals surface area contributed by atoms with E-state index in [1.54, 1.807) is 36.4 Å². The van der Waals surface area contributed by atoms with Gasteiger partial charge >= 0.3 is 0 Å². The van der Waals surface area contributed by atoms with E-state index in [4.69, 9.17) is 21.1 Å². The molecule has 11 heteroatoms. The molecule has 1 saturated heterocycles. The minimum Gasteiger partial charge on any atom is -0.486 e. The van der Waals surface area contributed by atoms with Crippen LogP contribution in [0.5, 0.6) is 5.75 Å². The second-order valence-electron chi connectivity index (χ2n) is 8.19. The van der Waals surface area contributed by atoms with Gasteiger partial charge in [-0.2, -0.15) is 3.89 Å². The average molecular weight is 518 g/mol. The maximum atomic E-state index is 12.9. The van der Waals surface area contributed by atoms with Gasteiger partial charge in [-0.1, -0.05) is 17.7 Å². The number of nitrogens with zero attached hydrogens (tertiary/aromatic N) is 3. The van der Waals surface area contributed by atoms with Crippen molar-refractivity contribution in [3.8, 4) is 5.75 Å². The van der Waals surface area contributed by atoms with Gasteiger partial charge in [-0.3, -0.25) is 4.79 Å². The number of carbonyl (C=O) groups is 1. The molecule has 3 aromatic rings. The van der Waals surface area contributed by atoms with Crippen LogP contribution in [0.2, 0.25) is 5.02 Å². The number of likely N-dealkylation sites (N-methyl/N-ethyl adjacent to an activating group) is 1. The molecule has 1 atom stereocenters. The highest BCUT2D eigenvalue weighted by molar-refractivity contribution is 7.94. The Morgan fingerprint density at radius 1 is 1.34 bits per heavy atom. The molecule has 1 aliphatic rings. The Kier molecular flexibility index (Phi) is 8.40. The standard InChI is InChI=1S/C24H25ClFN5O3S/c1-31(2)8-3-4-23(32)30-20-11-17-19(12-21(20)34-16-7-9-33-13-16)27-14-28-24(17)29-15-5-6-22(35-26)18(25)10-15/h3-6,10-12,14,16H,7-9,13H2,1-2H3,(H,30,32)(H,27,28,29)/b4-3+/t16-/m0/s1. The molecule has 2 heterocycles. The van der Waals surface area contributed by atoms with Gasteiger partial charge in [0.25, 0.3) is 0 Å². The van der Waals surface area contributed by atoms with Crippen molar-refractivity contribution in [3.63, 3.8) is 0 Å². The fraction of sp³-hybridized carbons (Fsp3) is 0.292. The molecular formula is C24H25ClFN5O3S. The van der Waals surface area contributed by atoms with Gasteiger partial charge in [0, 0.05) is 36.2 Å². The lowest BCUT2D eigenvalue weighted by Gasteiger charge is -2.18. The zero-order chi connectivity index (χ0) is 24.8. The van der Waals surface area contributed by atoms with Crippen LogP contribution in [0.1, 0.15) is 6.42 Å². The molecule has 2 N–H and O–H groups in total. The van der Waals surface area contributed by atoms with Gasteiger partial charge in [0.05, 0.1) is 46.5 Å². The molecule has 0 aliphatic carbocycles. The highest BCUT2D eigenvalue weighted by Gasteiger charge is 2.21. The number of halogens is 2. The summed E-state index contributed by atoms with van der Waals surface area (Å²) in [6.07, 6.45) is 5.35. The molecule has 0 spiro atoms. The van der Waals surface area contributed by atoms with Gasteiger partial charge in [0.15, 0.2) is 0 Å². The number of amides is 1. The number of hydrogen-bond acceptors (Lipinski definition) is 8. The van der Waals surface area contributed by atoms with E-state index in [9.17, 15) is 8.68 Å². The summed E-state index contributed by atoms with van der Waals surface area (Å²) in [7, 11) is 3.85. The van der Waals surface area contributed by atoms with Crippen molar-refractivity contribution in [2.75, 3.05) is 44.5 Å². The summed E-state index contributed by atoms with van der Waals surface area (Å²) in [5, 5.41) is 7.05. The Morgan fingerprint density at radius 2 is 2.20 bits per heavy atom. The molecule has 184 valence electrons. The summed E-state index contributed by atoms with van der Waals surface area (Å²) in [4.78, 5) is 23.6. The van der Waals surface area contributed by atoms with Crippen LogP contribution in [0.3, 0.4) is 0 Å². The van der Waals surface area contributed by atoms with Crippen LogP contribution in [0, 0.1) is 0 Å². The fourth-order valence-corrected chi connectivity index (χ4v) is 4.01. The number of ether oxygens (including phenoxy) is 2. The highest BCUT2D eigenvalue weighted by atomic mass is 35.5. The summed E-state index contributed by atoms with van der Waals surface area (Å²) < 4.78 is 24.5. The van der Waals surface area contributed by atoms with Crippen molar-refractivity contribution < 1.29 is 18.2 Å². The highest BCUT2D eigenvalue weighted by Crippen LogP contribution is 2.36. The van der Waals surface area contributed by atoms with E-state index >= 15 is 0 Å². The van der Waals surface area contributed by atoms with E-state index in [-0.39, 0.29) is 29.2 Å². The minimum atomic E-state index is -0.281. The molecule has 1 aliphatic heterocycles. The Labute approximate surface area is 212 Å². The van der Waals surface area contributed by atoms with Crippen LogP contribution in [0.25, 0.3) is 10.9 Å². The monoisotopic (exact) mass is 517 g/mol. The Balaban J connectivity index is 1.67. The van der Waals surface area contributed by atoms with Crippen molar-refractivity contribution in [1.29, 1.82) is 0 Å². The van der Waals surface area contributed by atoms with Gasteiger partial charge < -0.3 is 25.0 Å². The van der Waals surface area contributed by atoms with Crippen LogP contribution in [-0.2, 0) is 9.53 Å². The van der Waals surface area contributed by atoms with Gasteiger partial charge in [-0.05, 0) is 38.4 Å². The molecule has 0 radical (unpaired) electrons. The van der Waals surface area contributed by atoms with Gasteiger partial charge in [0.1, 0.15) is 24.0 Å². The molecule has 0 bridgehead atoms. The van der Waals surface area contributed by atoms with E-state index in [0.29, 0.717) is 58.5 Å². The number of hydrogen-bond donors (Lipinski definition) is 2. The maximum absolute atomic E-state index is 12.9. The first-order valence-electron chi connectivity index (χ1n) is 10.9. The molecule has 1 amide bonds. The first-order chi connectivity index (χ1) is 16.9. The lowest BCUT2D eigenvalue weighted by molar-refractivity contribution is -0.111. The summed E-state index contributed by atoms with van der Waals surface area (Å²) >= 11 is 6.23. The lowest BCUT2D eigenvalue weighted by Crippen LogP contribution is -2.18. The van der Waals surface area contributed by atoms with Gasteiger partial charge in [0.2, 0.25) is 5.91 Å². The second kappa shape index (κ2) is 11.7. The second-order valence-corrected chi connectivity index (χ2v) is 9.19. The Hall–Kier alpha value is -2.92. The van der Waals surface area contributed by atoms with E-state index in [1.807, 2.05) is 19.0 Å². The van der Waals surface area contributed by atoms with Crippen molar-refractivity contribution in [2.24, 2.45) is 0 Å². The van der Waals surface area contributed by atoms with Crippen molar-refractivity contribution in [1.82, 2.24) is 14.9 Å². The number of fused-ring (bicyclic) bond motifs is 1. The first kappa shape index (κ1) is 25.2. The molecule has 2 aromatic carbocycles. The normalized spacial score (nSPS) is 15.7. The van der Waals surface area contributed by atoms with Crippen LogP contribution in [0.4, 0.5) is 21.1 Å². The Bertz CT molecular complexity index is 1240. The van der Waals surface area contributed by atoms with Crippen LogP contribution in [0.15, 0.2) is 53.7 Å². The summed E-state index contributed by atoms with van der Waals surface area (Å²) in [5.74, 6) is 0.719. The van der Waals surface area contributed by atoms with Gasteiger partial charge in [-0.15, -0.1) is 0 Å². The van der Waals surface area contributed by atoms with E-state index in [1.165, 1.54) is 12.4 Å². The number of carbonyl (C=O) groups excluding carboxylic acids is 1. The first-order valence-corrected chi connectivity index (χ1v) is 12.0. The molecule has 4 rings (SSSR count). The molecular weight excluding hydrogens is 493 g/mol. The van der Waals surface area contributed by atoms with Crippen LogP contribution < -0.4 is 15.4 Å². The molecule has 0 unspecified atom stereocenters. The number of benzene rings is 2. The predicted molar refractivity (Wildman–Crippen MR) is 137 cm³/mol. The third-order valence-corrected chi connectivity index (χ3v) is 6.14. The maximum Gasteiger partial charge on any atom is 0.248 e. The number of aromatic nitrogens is 2. The smallest absolute Gasteiger partial charge is 0.248 e. The Morgan fingerprint density at radius 3 is 2.91 bits per heavy atom. The largest absolute Gasteiger partial charge is 0.486 e. The third kappa shape index (κ3) is 6.61. The molecule has 1 fully saturated rings. The molecule has 8 nitrogen and oxygen atoms in total. The van der Waals surface area contributed by atoms with E-state index < -0.39 is 0 Å². The summed E-state index contributed by atoms with van der Waals surface area (Å²) in [6.45, 7) is 1.75. The number of nitrogens with one attached hydrogen (secondary N) is 2. The summed E-state index contributed by atoms with van der Waals surface area (Å²) in [6, 6.07) is 8.45. The zero-order valence-electron chi connectivity index (χ0n) is 19.3. The SMILES string of the molecule is CN(C)C/C=C/C(=O)Nc1cc2c(Nc3ccc(SF)c(Cl)c3)ncnc2cc1O[C@H]1CCOC1. The van der Waals surface area contributed by atoms with Crippen molar-refractivity contribution >= 4 is 57.8 Å². The van der Waals surface area contributed by atoms with Crippen molar-refractivity contribution in [2.45, 2.75) is 17.4 Å². The molecule has 35 heavy (non-hydrogen) atoms. The third-order valence-electron chi connectivity index (χ3n) is 5.19. The van der Waals surface area contributed by atoms with Crippen molar-refractivity contribution in [3.05, 3.63) is 53.8 Å². The predicted octanol–water partition coefficient (Wildman–Crippen LogP) is 5.23. The molecule has 1 aromatic heterocycles. The topological polar surface area (TPSA) is 88.6 Å². The van der Waals surface area contributed by atoms with Gasteiger partial charge in [-0.25, -0.2) is 9.97 Å². The zero-order valence-corrected chi connectivity index (χ0v) is 20.8. The fourth-order valence-electron chi connectivity index (χ4n) is 3.49. The minimum absolute atomic E-state index is 0.0855.